The molecule has 3 aromatic rings. The number of nitrogens with zero attached hydrogens (tertiary/aromatic N) is 1. The summed E-state index contributed by atoms with van der Waals surface area (Å²) in [4.78, 5) is 16.3. The molecule has 0 saturated heterocycles. The molecule has 0 spiro atoms. The maximum atomic E-state index is 13.0. The number of hydrogen-bond donors (Lipinski definition) is 1. The SMILES string of the molecule is CC1c2c(ccc3[nH]c(=O)cc(Cl)c23)N(CCC(F)(F)F)C1c1cccc(Cl)c1. The molecule has 4 rings (SSSR count). The third kappa shape index (κ3) is 3.71. The van der Waals surface area contributed by atoms with Crippen molar-refractivity contribution in [2.45, 2.75) is 31.5 Å². The number of aromatic amines is 1. The number of rotatable bonds is 3. The molecule has 0 radical (unpaired) electrons. The van der Waals surface area contributed by atoms with Crippen molar-refractivity contribution in [1.29, 1.82) is 0 Å². The second-order valence-corrected chi connectivity index (χ2v) is 8.09. The number of hydrogen-bond acceptors (Lipinski definition) is 2. The van der Waals surface area contributed by atoms with E-state index in [1.54, 1.807) is 35.2 Å². The lowest BCUT2D eigenvalue weighted by Gasteiger charge is -2.30. The average Bonchev–Trinajstić information content (AvgIpc) is 2.91. The summed E-state index contributed by atoms with van der Waals surface area (Å²) in [5.41, 5.74) is 2.59. The lowest BCUT2D eigenvalue weighted by molar-refractivity contribution is -0.132. The van der Waals surface area contributed by atoms with Gasteiger partial charge in [-0.2, -0.15) is 13.2 Å². The van der Waals surface area contributed by atoms with Gasteiger partial charge in [0.1, 0.15) is 0 Å². The highest BCUT2D eigenvalue weighted by Crippen LogP contribution is 2.52. The van der Waals surface area contributed by atoms with Gasteiger partial charge < -0.3 is 9.88 Å². The van der Waals surface area contributed by atoms with E-state index in [1.165, 1.54) is 6.07 Å². The zero-order chi connectivity index (χ0) is 20.9. The van der Waals surface area contributed by atoms with E-state index in [-0.39, 0.29) is 29.1 Å². The van der Waals surface area contributed by atoms with E-state index in [0.717, 1.165) is 11.1 Å². The van der Waals surface area contributed by atoms with Crippen molar-refractivity contribution in [2.24, 2.45) is 0 Å². The summed E-state index contributed by atoms with van der Waals surface area (Å²) in [5.74, 6) is -0.163. The quantitative estimate of drug-likeness (QED) is 0.507. The standard InChI is InChI=1S/C21H17Cl2F3N2O/c1-11-18-16(6-5-15-19(18)14(23)10-17(29)27-15)28(8-7-21(24,25)26)20(11)12-3-2-4-13(22)9-12/h2-6,9-11,20H,7-8H2,1H3,(H,27,29). The topological polar surface area (TPSA) is 36.1 Å². The molecule has 2 atom stereocenters. The molecule has 152 valence electrons. The second-order valence-electron chi connectivity index (χ2n) is 7.25. The van der Waals surface area contributed by atoms with E-state index in [1.807, 2.05) is 13.0 Å². The van der Waals surface area contributed by atoms with E-state index in [9.17, 15) is 18.0 Å². The Hall–Kier alpha value is -2.18. The number of nitrogens with one attached hydrogen (secondary N) is 1. The van der Waals surface area contributed by atoms with Crippen LogP contribution in [0, 0.1) is 0 Å². The molecular formula is C21H17Cl2F3N2O. The predicted molar refractivity (Wildman–Crippen MR) is 110 cm³/mol. The number of fused-ring (bicyclic) bond motifs is 3. The van der Waals surface area contributed by atoms with Crippen LogP contribution in [0.1, 0.15) is 36.4 Å². The molecule has 0 fully saturated rings. The molecule has 8 heteroatoms. The molecular weight excluding hydrogens is 424 g/mol. The van der Waals surface area contributed by atoms with Crippen LogP contribution in [0.4, 0.5) is 18.9 Å². The van der Waals surface area contributed by atoms with Crippen molar-refractivity contribution in [3.63, 3.8) is 0 Å². The van der Waals surface area contributed by atoms with Crippen LogP contribution in [0.15, 0.2) is 47.3 Å². The largest absolute Gasteiger partial charge is 0.390 e. The summed E-state index contributed by atoms with van der Waals surface area (Å²) in [6, 6.07) is 11.6. The minimum Gasteiger partial charge on any atom is -0.363 e. The Morgan fingerprint density at radius 1 is 1.14 bits per heavy atom. The lowest BCUT2D eigenvalue weighted by atomic mass is 9.90. The summed E-state index contributed by atoms with van der Waals surface area (Å²) in [5, 5.41) is 1.47. The molecule has 0 bridgehead atoms. The monoisotopic (exact) mass is 440 g/mol. The van der Waals surface area contributed by atoms with Crippen LogP contribution in [0.2, 0.25) is 10.0 Å². The Kier molecular flexibility index (Phi) is 5.03. The summed E-state index contributed by atoms with van der Waals surface area (Å²) in [6.45, 7) is 1.77. The number of halogens is 5. The molecule has 0 aliphatic carbocycles. The Morgan fingerprint density at radius 3 is 2.59 bits per heavy atom. The second kappa shape index (κ2) is 7.26. The van der Waals surface area contributed by atoms with Crippen LogP contribution in [-0.2, 0) is 0 Å². The number of alkyl halides is 3. The fraction of sp³-hybridized carbons (Fsp3) is 0.286. The molecule has 0 saturated carbocycles. The van der Waals surface area contributed by atoms with Crippen LogP contribution in [0.25, 0.3) is 10.9 Å². The first-order valence-electron chi connectivity index (χ1n) is 9.10. The molecule has 2 unspecified atom stereocenters. The highest BCUT2D eigenvalue weighted by atomic mass is 35.5. The number of aromatic nitrogens is 1. The van der Waals surface area contributed by atoms with Crippen LogP contribution in [0.5, 0.6) is 0 Å². The first-order valence-corrected chi connectivity index (χ1v) is 9.85. The van der Waals surface area contributed by atoms with Crippen molar-refractivity contribution < 1.29 is 13.2 Å². The fourth-order valence-corrected chi connectivity index (χ4v) is 4.78. The summed E-state index contributed by atoms with van der Waals surface area (Å²) < 4.78 is 39.1. The van der Waals surface area contributed by atoms with Crippen LogP contribution in [0.3, 0.4) is 0 Å². The molecule has 1 aliphatic heterocycles. The highest BCUT2D eigenvalue weighted by Gasteiger charge is 2.40. The molecule has 2 aromatic carbocycles. The summed E-state index contributed by atoms with van der Waals surface area (Å²) >= 11 is 12.5. The van der Waals surface area contributed by atoms with E-state index >= 15 is 0 Å². The maximum Gasteiger partial charge on any atom is 0.390 e. The van der Waals surface area contributed by atoms with Crippen molar-refractivity contribution in [3.8, 4) is 0 Å². The fourth-order valence-electron chi connectivity index (χ4n) is 4.28. The Balaban J connectivity index is 1.91. The van der Waals surface area contributed by atoms with Gasteiger partial charge >= 0.3 is 6.18 Å². The van der Waals surface area contributed by atoms with Gasteiger partial charge in [-0.05, 0) is 35.4 Å². The van der Waals surface area contributed by atoms with Gasteiger partial charge in [-0.1, -0.05) is 42.3 Å². The molecule has 29 heavy (non-hydrogen) atoms. The predicted octanol–water partition coefficient (Wildman–Crippen LogP) is 6.45. The zero-order valence-electron chi connectivity index (χ0n) is 15.4. The number of anilines is 1. The normalized spacial score (nSPS) is 19.0. The maximum absolute atomic E-state index is 13.0. The first-order chi connectivity index (χ1) is 13.7. The van der Waals surface area contributed by atoms with Crippen LogP contribution in [-0.4, -0.2) is 17.7 Å². The minimum atomic E-state index is -4.27. The van der Waals surface area contributed by atoms with Crippen molar-refractivity contribution in [2.75, 3.05) is 11.4 Å². The Morgan fingerprint density at radius 2 is 1.90 bits per heavy atom. The van der Waals surface area contributed by atoms with E-state index in [4.69, 9.17) is 23.2 Å². The summed E-state index contributed by atoms with van der Waals surface area (Å²) in [7, 11) is 0. The zero-order valence-corrected chi connectivity index (χ0v) is 16.9. The van der Waals surface area contributed by atoms with Gasteiger partial charge in [0.2, 0.25) is 5.56 Å². The number of benzene rings is 2. The van der Waals surface area contributed by atoms with Crippen molar-refractivity contribution in [1.82, 2.24) is 4.98 Å². The average molecular weight is 441 g/mol. The molecule has 0 amide bonds. The Bertz CT molecular complexity index is 1140. The third-order valence-corrected chi connectivity index (χ3v) is 5.91. The van der Waals surface area contributed by atoms with E-state index in [0.29, 0.717) is 21.6 Å². The van der Waals surface area contributed by atoms with Crippen LogP contribution >= 0.6 is 23.2 Å². The number of pyridine rings is 1. The molecule has 2 heterocycles. The van der Waals surface area contributed by atoms with Crippen LogP contribution < -0.4 is 10.5 Å². The Labute approximate surface area is 175 Å². The highest BCUT2D eigenvalue weighted by molar-refractivity contribution is 6.35. The van der Waals surface area contributed by atoms with Crippen molar-refractivity contribution in [3.05, 3.63) is 74.0 Å². The molecule has 1 aliphatic rings. The minimum absolute atomic E-state index is 0.163. The van der Waals surface area contributed by atoms with Crippen molar-refractivity contribution >= 4 is 39.8 Å². The first kappa shape index (κ1) is 20.1. The molecule has 3 nitrogen and oxygen atoms in total. The van der Waals surface area contributed by atoms with Gasteiger partial charge in [-0.25, -0.2) is 0 Å². The van der Waals surface area contributed by atoms with Gasteiger partial charge in [0.25, 0.3) is 0 Å². The third-order valence-electron chi connectivity index (χ3n) is 5.38. The lowest BCUT2D eigenvalue weighted by Crippen LogP contribution is -2.30. The molecule has 1 N–H and O–H groups in total. The van der Waals surface area contributed by atoms with Gasteiger partial charge in [0, 0.05) is 34.6 Å². The van der Waals surface area contributed by atoms with Gasteiger partial charge in [-0.15, -0.1) is 0 Å². The van der Waals surface area contributed by atoms with Gasteiger partial charge in [0.05, 0.1) is 23.0 Å². The summed E-state index contributed by atoms with van der Waals surface area (Å²) in [6.07, 6.45) is -5.21. The van der Waals surface area contributed by atoms with Gasteiger partial charge in [-0.3, -0.25) is 4.79 Å². The smallest absolute Gasteiger partial charge is 0.363 e. The van der Waals surface area contributed by atoms with E-state index < -0.39 is 12.6 Å². The van der Waals surface area contributed by atoms with Gasteiger partial charge in [0.15, 0.2) is 0 Å². The molecule has 1 aromatic heterocycles. The number of H-pyrrole nitrogens is 1. The van der Waals surface area contributed by atoms with E-state index in [2.05, 4.69) is 4.98 Å².